The molecule has 2 aromatic rings. The molecule has 0 saturated heterocycles. The molecule has 0 radical (unpaired) electrons. The highest BCUT2D eigenvalue weighted by molar-refractivity contribution is 7.89. The van der Waals surface area contributed by atoms with Gasteiger partial charge in [0.25, 0.3) is 0 Å². The highest BCUT2D eigenvalue weighted by atomic mass is 32.2. The van der Waals surface area contributed by atoms with Crippen molar-refractivity contribution >= 4 is 27.1 Å². The van der Waals surface area contributed by atoms with E-state index in [9.17, 15) is 18.3 Å². The van der Waals surface area contributed by atoms with Crippen LogP contribution in [0.5, 0.6) is 0 Å². The third kappa shape index (κ3) is 4.98. The number of Topliss-reactive ketones (excluding diaryl/α,β-unsaturated/α-hetero) is 1. The zero-order chi connectivity index (χ0) is 17.6. The van der Waals surface area contributed by atoms with E-state index < -0.39 is 10.0 Å². The Balaban J connectivity index is 1.97. The standard InChI is InChI=1S/C17H21NO4S2/c1-13(20)14-2-4-17(5-3-14)24(21,22)18-9-6-15(7-10-19)16-8-11-23-12-16/h2-5,8,11-12,15,18-19H,6-7,9-10H2,1H3/t15-/m1/s1. The lowest BCUT2D eigenvalue weighted by Gasteiger charge is -2.15. The van der Waals surface area contributed by atoms with E-state index in [0.29, 0.717) is 18.4 Å². The van der Waals surface area contributed by atoms with Crippen molar-refractivity contribution in [2.24, 2.45) is 0 Å². The van der Waals surface area contributed by atoms with Crippen molar-refractivity contribution in [2.75, 3.05) is 13.2 Å². The molecule has 0 aliphatic carbocycles. The third-order valence-corrected chi connectivity index (χ3v) is 6.03. The minimum Gasteiger partial charge on any atom is -0.396 e. The largest absolute Gasteiger partial charge is 0.396 e. The van der Waals surface area contributed by atoms with Crippen LogP contribution in [0.1, 0.15) is 41.6 Å². The van der Waals surface area contributed by atoms with Crippen LogP contribution < -0.4 is 4.72 Å². The normalized spacial score (nSPS) is 12.9. The number of carbonyl (C=O) groups is 1. The van der Waals surface area contributed by atoms with E-state index in [-0.39, 0.29) is 29.7 Å². The second-order valence-corrected chi connectivity index (χ2v) is 8.08. The Labute approximate surface area is 146 Å². The number of carbonyl (C=O) groups excluding carboxylic acids is 1. The zero-order valence-corrected chi connectivity index (χ0v) is 15.1. The number of nitrogens with one attached hydrogen (secondary N) is 1. The van der Waals surface area contributed by atoms with Gasteiger partial charge in [-0.1, -0.05) is 12.1 Å². The average Bonchev–Trinajstić information content (AvgIpc) is 3.08. The van der Waals surface area contributed by atoms with Gasteiger partial charge < -0.3 is 5.11 Å². The molecule has 1 aromatic heterocycles. The van der Waals surface area contributed by atoms with Crippen molar-refractivity contribution < 1.29 is 18.3 Å². The molecule has 2 N–H and O–H groups in total. The van der Waals surface area contributed by atoms with Crippen LogP contribution >= 0.6 is 11.3 Å². The maximum absolute atomic E-state index is 12.3. The maximum atomic E-state index is 12.3. The molecule has 0 spiro atoms. The maximum Gasteiger partial charge on any atom is 0.240 e. The molecule has 2 rings (SSSR count). The van der Waals surface area contributed by atoms with Crippen molar-refractivity contribution in [3.63, 3.8) is 0 Å². The summed E-state index contributed by atoms with van der Waals surface area (Å²) in [5.74, 6) is 0.0264. The molecule has 1 aromatic carbocycles. The first-order chi connectivity index (χ1) is 11.4. The van der Waals surface area contributed by atoms with Gasteiger partial charge in [0.05, 0.1) is 4.90 Å². The molecule has 24 heavy (non-hydrogen) atoms. The lowest BCUT2D eigenvalue weighted by atomic mass is 9.95. The Morgan fingerprint density at radius 2 is 1.92 bits per heavy atom. The minimum atomic E-state index is -3.60. The van der Waals surface area contributed by atoms with Crippen LogP contribution in [-0.4, -0.2) is 32.5 Å². The number of sulfonamides is 1. The predicted octanol–water partition coefficient (Wildman–Crippen LogP) is 2.79. The van der Waals surface area contributed by atoms with Crippen LogP contribution in [-0.2, 0) is 10.0 Å². The summed E-state index contributed by atoms with van der Waals surface area (Å²) in [6.07, 6.45) is 1.22. The van der Waals surface area contributed by atoms with Gasteiger partial charge in [0.1, 0.15) is 0 Å². The van der Waals surface area contributed by atoms with Crippen molar-refractivity contribution in [2.45, 2.75) is 30.6 Å². The first kappa shape index (κ1) is 18.8. The fourth-order valence-corrected chi connectivity index (χ4v) is 4.25. The molecule has 0 aliphatic heterocycles. The van der Waals surface area contributed by atoms with E-state index in [4.69, 9.17) is 0 Å². The molecule has 130 valence electrons. The van der Waals surface area contributed by atoms with E-state index in [1.807, 2.05) is 16.8 Å². The summed E-state index contributed by atoms with van der Waals surface area (Å²) < 4.78 is 27.2. The Morgan fingerprint density at radius 1 is 1.21 bits per heavy atom. The highest BCUT2D eigenvalue weighted by Crippen LogP contribution is 2.25. The number of benzene rings is 1. The molecule has 0 bridgehead atoms. The summed E-state index contributed by atoms with van der Waals surface area (Å²) in [5.41, 5.74) is 1.61. The monoisotopic (exact) mass is 367 g/mol. The van der Waals surface area contributed by atoms with Gasteiger partial charge in [0, 0.05) is 18.7 Å². The van der Waals surface area contributed by atoms with Crippen molar-refractivity contribution in [1.29, 1.82) is 0 Å². The molecule has 1 atom stereocenters. The van der Waals surface area contributed by atoms with E-state index in [2.05, 4.69) is 4.72 Å². The Morgan fingerprint density at radius 3 is 2.46 bits per heavy atom. The van der Waals surface area contributed by atoms with Crippen LogP contribution in [0, 0.1) is 0 Å². The van der Waals surface area contributed by atoms with E-state index in [1.54, 1.807) is 11.3 Å². The van der Waals surface area contributed by atoms with E-state index in [1.165, 1.54) is 31.2 Å². The number of thiophene rings is 1. The summed E-state index contributed by atoms with van der Waals surface area (Å²) in [6.45, 7) is 1.80. The van der Waals surface area contributed by atoms with Crippen LogP contribution in [0.25, 0.3) is 0 Å². The molecular weight excluding hydrogens is 346 g/mol. The first-order valence-corrected chi connectivity index (χ1v) is 10.1. The van der Waals surface area contributed by atoms with Crippen molar-refractivity contribution in [3.8, 4) is 0 Å². The SMILES string of the molecule is CC(=O)c1ccc(S(=O)(=O)NCC[C@H](CCO)c2ccsc2)cc1. The Kier molecular flexibility index (Phi) is 6.68. The van der Waals surface area contributed by atoms with Gasteiger partial charge in [-0.05, 0) is 60.2 Å². The number of aliphatic hydroxyl groups excluding tert-OH is 1. The van der Waals surface area contributed by atoms with Gasteiger partial charge in [-0.25, -0.2) is 13.1 Å². The zero-order valence-electron chi connectivity index (χ0n) is 13.4. The topological polar surface area (TPSA) is 83.5 Å². The van der Waals surface area contributed by atoms with Gasteiger partial charge >= 0.3 is 0 Å². The molecule has 0 fully saturated rings. The number of hydrogen-bond donors (Lipinski definition) is 2. The van der Waals surface area contributed by atoms with E-state index >= 15 is 0 Å². The van der Waals surface area contributed by atoms with Crippen molar-refractivity contribution in [3.05, 3.63) is 52.2 Å². The Hall–Kier alpha value is -1.54. The van der Waals surface area contributed by atoms with Gasteiger partial charge in [0.15, 0.2) is 5.78 Å². The molecule has 7 heteroatoms. The molecule has 0 amide bonds. The number of hydrogen-bond acceptors (Lipinski definition) is 5. The highest BCUT2D eigenvalue weighted by Gasteiger charge is 2.16. The van der Waals surface area contributed by atoms with Gasteiger partial charge in [0.2, 0.25) is 10.0 Å². The summed E-state index contributed by atoms with van der Waals surface area (Å²) in [4.78, 5) is 11.4. The minimum absolute atomic E-state index is 0.0692. The van der Waals surface area contributed by atoms with Crippen LogP contribution in [0.3, 0.4) is 0 Å². The van der Waals surface area contributed by atoms with Gasteiger partial charge in [-0.2, -0.15) is 11.3 Å². The summed E-state index contributed by atoms with van der Waals surface area (Å²) in [6, 6.07) is 7.89. The third-order valence-electron chi connectivity index (χ3n) is 3.85. The van der Waals surface area contributed by atoms with Crippen LogP contribution in [0.15, 0.2) is 46.0 Å². The summed E-state index contributed by atoms with van der Waals surface area (Å²) in [7, 11) is -3.60. The molecule has 1 heterocycles. The Bertz CT molecular complexity index is 752. The van der Waals surface area contributed by atoms with Crippen molar-refractivity contribution in [1.82, 2.24) is 4.72 Å². The number of aliphatic hydroxyl groups is 1. The smallest absolute Gasteiger partial charge is 0.240 e. The second-order valence-electron chi connectivity index (χ2n) is 5.53. The lowest BCUT2D eigenvalue weighted by Crippen LogP contribution is -2.26. The van der Waals surface area contributed by atoms with E-state index in [0.717, 1.165) is 5.56 Å². The molecular formula is C17H21NO4S2. The average molecular weight is 367 g/mol. The molecule has 0 aliphatic rings. The predicted molar refractivity (Wildman–Crippen MR) is 95.0 cm³/mol. The lowest BCUT2D eigenvalue weighted by molar-refractivity contribution is 0.101. The number of rotatable bonds is 9. The molecule has 0 saturated carbocycles. The van der Waals surface area contributed by atoms with Crippen LogP contribution in [0.2, 0.25) is 0 Å². The van der Waals surface area contributed by atoms with Gasteiger partial charge in [-0.3, -0.25) is 4.79 Å². The van der Waals surface area contributed by atoms with Crippen LogP contribution in [0.4, 0.5) is 0 Å². The second kappa shape index (κ2) is 8.53. The fraction of sp³-hybridized carbons (Fsp3) is 0.353. The number of ketones is 1. The van der Waals surface area contributed by atoms with Gasteiger partial charge in [-0.15, -0.1) is 0 Å². The summed E-state index contributed by atoms with van der Waals surface area (Å²) in [5, 5.41) is 13.2. The molecule has 0 unspecified atom stereocenters. The molecule has 5 nitrogen and oxygen atoms in total. The fourth-order valence-electron chi connectivity index (χ4n) is 2.46. The first-order valence-electron chi connectivity index (χ1n) is 7.67. The summed E-state index contributed by atoms with van der Waals surface area (Å²) >= 11 is 1.59. The quantitative estimate of drug-likeness (QED) is 0.668.